The summed E-state index contributed by atoms with van der Waals surface area (Å²) in [6.45, 7) is 1.41. The first-order chi connectivity index (χ1) is 9.83. The molecule has 0 aliphatic heterocycles. The number of hydrogen-bond donors (Lipinski definition) is 3. The van der Waals surface area contributed by atoms with Crippen molar-refractivity contribution >= 4 is 0 Å². The third kappa shape index (κ3) is 6.01. The molecule has 0 saturated carbocycles. The smallest absolute Gasteiger partial charge is 0.124 e. The number of aliphatic hydroxyl groups excluding tert-OH is 1. The molecule has 0 aromatic heterocycles. The van der Waals surface area contributed by atoms with Crippen molar-refractivity contribution in [3.63, 3.8) is 0 Å². The molecular formula is C16H29N3O2. The van der Waals surface area contributed by atoms with Gasteiger partial charge in [0.1, 0.15) is 12.0 Å². The molecule has 0 bridgehead atoms. The van der Waals surface area contributed by atoms with E-state index in [1.165, 1.54) is 0 Å². The highest BCUT2D eigenvalue weighted by atomic mass is 16.3. The molecule has 5 nitrogen and oxygen atoms in total. The summed E-state index contributed by atoms with van der Waals surface area (Å²) in [4.78, 5) is 4.08. The van der Waals surface area contributed by atoms with Crippen LogP contribution >= 0.6 is 0 Å². The molecule has 1 atom stereocenters. The zero-order chi connectivity index (χ0) is 16.0. The zero-order valence-electron chi connectivity index (χ0n) is 13.8. The van der Waals surface area contributed by atoms with Crippen molar-refractivity contribution in [2.75, 3.05) is 35.2 Å². The summed E-state index contributed by atoms with van der Waals surface area (Å²) in [6, 6.07) is 4.08. The molecule has 0 aliphatic carbocycles. The number of rotatable bonds is 8. The fourth-order valence-electron chi connectivity index (χ4n) is 2.35. The minimum absolute atomic E-state index is 0.385. The van der Waals surface area contributed by atoms with Gasteiger partial charge in [0.15, 0.2) is 0 Å². The van der Waals surface area contributed by atoms with Gasteiger partial charge in [0, 0.05) is 24.2 Å². The Hall–Kier alpha value is -1.14. The van der Waals surface area contributed by atoms with Gasteiger partial charge in [0.25, 0.3) is 0 Å². The van der Waals surface area contributed by atoms with Gasteiger partial charge in [-0.3, -0.25) is 5.32 Å². The lowest BCUT2D eigenvalue weighted by Gasteiger charge is -2.19. The van der Waals surface area contributed by atoms with E-state index in [2.05, 4.69) is 5.32 Å². The maximum Gasteiger partial charge on any atom is 0.124 e. The Morgan fingerprint density at radius 3 is 1.90 bits per heavy atom. The number of nitrogens with one attached hydrogen (secondary N) is 1. The van der Waals surface area contributed by atoms with Crippen LogP contribution in [0.15, 0.2) is 12.1 Å². The molecule has 1 rings (SSSR count). The summed E-state index contributed by atoms with van der Waals surface area (Å²) >= 11 is 0. The predicted molar refractivity (Wildman–Crippen MR) is 86.3 cm³/mol. The van der Waals surface area contributed by atoms with E-state index < -0.39 is 6.23 Å². The Morgan fingerprint density at radius 1 is 1.05 bits per heavy atom. The summed E-state index contributed by atoms with van der Waals surface area (Å²) < 4.78 is 0. The van der Waals surface area contributed by atoms with E-state index in [0.717, 1.165) is 23.1 Å². The lowest BCUT2D eigenvalue weighted by molar-refractivity contribution is 0.137. The highest BCUT2D eigenvalue weighted by Gasteiger charge is 2.12. The van der Waals surface area contributed by atoms with Crippen LogP contribution in [0.1, 0.15) is 23.1 Å². The van der Waals surface area contributed by atoms with Gasteiger partial charge >= 0.3 is 0 Å². The van der Waals surface area contributed by atoms with Crippen molar-refractivity contribution in [2.45, 2.75) is 32.2 Å². The van der Waals surface area contributed by atoms with Crippen molar-refractivity contribution in [3.05, 3.63) is 28.8 Å². The van der Waals surface area contributed by atoms with Gasteiger partial charge in [-0.2, -0.15) is 0 Å². The molecule has 21 heavy (non-hydrogen) atoms. The summed E-state index contributed by atoms with van der Waals surface area (Å²) in [5.74, 6) is 0.385. The largest absolute Gasteiger partial charge is 0.507 e. The van der Waals surface area contributed by atoms with Crippen LogP contribution in [0.2, 0.25) is 0 Å². The van der Waals surface area contributed by atoms with Crippen molar-refractivity contribution in [2.24, 2.45) is 0 Å². The van der Waals surface area contributed by atoms with Gasteiger partial charge < -0.3 is 20.0 Å². The summed E-state index contributed by atoms with van der Waals surface area (Å²) in [6.07, 6.45) is 0.946. The molecule has 0 amide bonds. The van der Waals surface area contributed by atoms with E-state index >= 15 is 0 Å². The van der Waals surface area contributed by atoms with E-state index in [4.69, 9.17) is 0 Å². The second-order valence-electron chi connectivity index (χ2n) is 6.08. The molecule has 1 aromatic rings. The van der Waals surface area contributed by atoms with Crippen LogP contribution in [0.25, 0.3) is 0 Å². The molecule has 1 aromatic carbocycles. The number of phenolic OH excluding ortho intramolecular Hbond substituents is 1. The minimum Gasteiger partial charge on any atom is -0.507 e. The first kappa shape index (κ1) is 17.9. The second-order valence-corrected chi connectivity index (χ2v) is 6.08. The zero-order valence-corrected chi connectivity index (χ0v) is 13.8. The van der Waals surface area contributed by atoms with Crippen molar-refractivity contribution in [1.29, 1.82) is 0 Å². The number of aromatic hydroxyl groups is 1. The number of nitrogens with zero attached hydrogens (tertiary/aromatic N) is 2. The fraction of sp³-hybridized carbons (Fsp3) is 0.625. The van der Waals surface area contributed by atoms with Crippen LogP contribution in [0, 0.1) is 0 Å². The van der Waals surface area contributed by atoms with Crippen LogP contribution in [-0.2, 0) is 19.5 Å². The van der Waals surface area contributed by atoms with E-state index in [1.54, 1.807) is 7.05 Å². The highest BCUT2D eigenvalue weighted by molar-refractivity contribution is 5.44. The van der Waals surface area contributed by atoms with Crippen molar-refractivity contribution in [1.82, 2.24) is 15.1 Å². The average molecular weight is 295 g/mol. The molecule has 5 heteroatoms. The second kappa shape index (κ2) is 8.34. The summed E-state index contributed by atoms with van der Waals surface area (Å²) in [5.41, 5.74) is 3.03. The molecule has 0 heterocycles. The predicted octanol–water partition coefficient (Wildman–Crippen LogP) is 0.986. The Labute approximate surface area is 128 Å². The molecule has 0 aliphatic rings. The minimum atomic E-state index is -0.492. The molecule has 0 radical (unpaired) electrons. The summed E-state index contributed by atoms with van der Waals surface area (Å²) in [7, 11) is 9.70. The van der Waals surface area contributed by atoms with Gasteiger partial charge in [0.2, 0.25) is 0 Å². The molecular weight excluding hydrogens is 266 g/mol. The quantitative estimate of drug-likeness (QED) is 0.624. The molecule has 0 fully saturated rings. The standard InChI is InChI=1S/C16H29N3O2/c1-17-15(20)7-6-12-8-13(10-18(2)3)16(21)14(9-12)11-19(4)5/h8-9,15,17,20-21H,6-7,10-11H2,1-5H3. The van der Waals surface area contributed by atoms with E-state index in [9.17, 15) is 10.2 Å². The maximum absolute atomic E-state index is 10.4. The average Bonchev–Trinajstić information content (AvgIpc) is 2.39. The molecule has 1 unspecified atom stereocenters. The third-order valence-electron chi connectivity index (χ3n) is 3.34. The van der Waals surface area contributed by atoms with Crippen LogP contribution in [0.4, 0.5) is 0 Å². The number of hydrogen-bond acceptors (Lipinski definition) is 5. The van der Waals surface area contributed by atoms with Gasteiger partial charge in [0.05, 0.1) is 0 Å². The SMILES string of the molecule is CNC(O)CCc1cc(CN(C)C)c(O)c(CN(C)C)c1. The fourth-order valence-corrected chi connectivity index (χ4v) is 2.35. The van der Waals surface area contributed by atoms with Gasteiger partial charge in [-0.25, -0.2) is 0 Å². The Balaban J connectivity index is 3.01. The van der Waals surface area contributed by atoms with Crippen LogP contribution in [-0.4, -0.2) is 61.5 Å². The number of aliphatic hydroxyl groups is 1. The Bertz CT molecular complexity index is 416. The first-order valence-electron chi connectivity index (χ1n) is 7.32. The van der Waals surface area contributed by atoms with Crippen LogP contribution in [0.5, 0.6) is 5.75 Å². The van der Waals surface area contributed by atoms with Crippen LogP contribution < -0.4 is 5.32 Å². The molecule has 0 saturated heterocycles. The lowest BCUT2D eigenvalue weighted by atomic mass is 9.99. The monoisotopic (exact) mass is 295 g/mol. The van der Waals surface area contributed by atoms with E-state index in [0.29, 0.717) is 25.3 Å². The topological polar surface area (TPSA) is 59.0 Å². The van der Waals surface area contributed by atoms with Gasteiger partial charge in [-0.15, -0.1) is 0 Å². The van der Waals surface area contributed by atoms with Crippen molar-refractivity contribution < 1.29 is 10.2 Å². The lowest BCUT2D eigenvalue weighted by Crippen LogP contribution is -2.24. The van der Waals surface area contributed by atoms with Crippen LogP contribution in [0.3, 0.4) is 0 Å². The molecule has 3 N–H and O–H groups in total. The number of aryl methyl sites for hydroxylation is 1. The van der Waals surface area contributed by atoms with Gasteiger partial charge in [-0.1, -0.05) is 12.1 Å². The van der Waals surface area contributed by atoms with Crippen molar-refractivity contribution in [3.8, 4) is 5.75 Å². The van der Waals surface area contributed by atoms with E-state index in [1.807, 2.05) is 50.1 Å². The number of phenols is 1. The molecule has 0 spiro atoms. The Kier molecular flexibility index (Phi) is 7.11. The maximum atomic E-state index is 10.4. The first-order valence-corrected chi connectivity index (χ1v) is 7.32. The van der Waals surface area contributed by atoms with Gasteiger partial charge in [-0.05, 0) is 53.6 Å². The normalized spacial score (nSPS) is 13.1. The third-order valence-corrected chi connectivity index (χ3v) is 3.34. The summed E-state index contributed by atoms with van der Waals surface area (Å²) in [5, 5.41) is 22.9. The number of benzene rings is 1. The Morgan fingerprint density at radius 2 is 1.52 bits per heavy atom. The molecule has 120 valence electrons. The van der Waals surface area contributed by atoms with E-state index in [-0.39, 0.29) is 0 Å². The highest BCUT2D eigenvalue weighted by Crippen LogP contribution is 2.27.